The Morgan fingerprint density at radius 2 is 1.04 bits per heavy atom. The van der Waals surface area contributed by atoms with Crippen molar-refractivity contribution in [3.63, 3.8) is 0 Å². The van der Waals surface area contributed by atoms with Gasteiger partial charge >= 0.3 is 12.2 Å². The van der Waals surface area contributed by atoms with E-state index in [1.54, 1.807) is 36.0 Å². The summed E-state index contributed by atoms with van der Waals surface area (Å²) in [6.07, 6.45) is 7.12. The van der Waals surface area contributed by atoms with E-state index in [0.717, 1.165) is 71.0 Å². The average Bonchev–Trinajstić information content (AvgIpc) is 4.02. The second-order valence-corrected chi connectivity index (χ2v) is 13.9. The van der Waals surface area contributed by atoms with Gasteiger partial charge in [-0.3, -0.25) is 9.59 Å². The van der Waals surface area contributed by atoms with Crippen LogP contribution in [0, 0.1) is 0 Å². The number of aromatic amines is 2. The first-order chi connectivity index (χ1) is 26.2. The fourth-order valence-corrected chi connectivity index (χ4v) is 7.07. The molecule has 14 nitrogen and oxygen atoms in total. The van der Waals surface area contributed by atoms with Crippen LogP contribution in [0.5, 0.6) is 0 Å². The quantitative estimate of drug-likeness (QED) is 0.120. The van der Waals surface area contributed by atoms with E-state index in [4.69, 9.17) is 9.47 Å². The van der Waals surface area contributed by atoms with Crippen LogP contribution >= 0.6 is 0 Å². The molecule has 4 N–H and O–H groups in total. The second kappa shape index (κ2) is 17.4. The minimum atomic E-state index is -0.703. The summed E-state index contributed by atoms with van der Waals surface area (Å²) in [5.41, 5.74) is 5.79. The molecule has 2 aliphatic rings. The van der Waals surface area contributed by atoms with Gasteiger partial charge in [-0.25, -0.2) is 19.6 Å². The number of alkyl carbamates (subject to hydrolysis) is 2. The molecule has 4 aromatic rings. The molecule has 54 heavy (non-hydrogen) atoms. The number of aromatic nitrogens is 4. The molecule has 286 valence electrons. The molecule has 0 radical (unpaired) electrons. The van der Waals surface area contributed by atoms with E-state index in [-0.39, 0.29) is 23.9 Å². The largest absolute Gasteiger partial charge is 0.450 e. The minimum Gasteiger partial charge on any atom is -0.450 e. The predicted molar refractivity (Wildman–Crippen MR) is 203 cm³/mol. The Bertz CT molecular complexity index is 1770. The summed E-state index contributed by atoms with van der Waals surface area (Å²) in [7, 11) is 0. The summed E-state index contributed by atoms with van der Waals surface area (Å²) in [6, 6.07) is 14.7. The molecule has 0 unspecified atom stereocenters. The number of nitrogens with one attached hydrogen (secondary N) is 4. The molecule has 4 amide bonds. The summed E-state index contributed by atoms with van der Waals surface area (Å²) >= 11 is 0. The summed E-state index contributed by atoms with van der Waals surface area (Å²) in [5.74, 6) is 1.13. The zero-order chi connectivity index (χ0) is 38.2. The number of imidazole rings is 2. The third-order valence-electron chi connectivity index (χ3n) is 9.90. The lowest BCUT2D eigenvalue weighted by Gasteiger charge is -2.26. The first kappa shape index (κ1) is 38.1. The Labute approximate surface area is 315 Å². The number of rotatable bonds is 13. The van der Waals surface area contributed by atoms with Gasteiger partial charge in [0.15, 0.2) is 0 Å². The van der Waals surface area contributed by atoms with Gasteiger partial charge in [-0.2, -0.15) is 0 Å². The number of benzene rings is 2. The van der Waals surface area contributed by atoms with E-state index in [1.165, 1.54) is 0 Å². The predicted octanol–water partition coefficient (Wildman–Crippen LogP) is 6.51. The molecular formula is C40H50N8O6. The molecule has 0 bridgehead atoms. The van der Waals surface area contributed by atoms with E-state index in [0.29, 0.717) is 39.1 Å². The molecule has 2 aromatic heterocycles. The number of hydrogen-bond acceptors (Lipinski definition) is 8. The van der Waals surface area contributed by atoms with Crippen LogP contribution in [0.15, 0.2) is 60.9 Å². The number of hydrogen-bond donors (Lipinski definition) is 4. The number of carbonyl (C=O) groups is 4. The molecule has 0 aliphatic carbocycles. The SMILES string of the molecule is CCCOC(=O)N[C@@H](C)C(=O)N1CCC[C@H]1c1ncc(-c2ccc(-c3ccc(-c4cnc([C@@H]5CCCN5C(=O)[C@H](C)NC(=O)OCCC)[nH]4)cc3)cc2)[nH]1. The Balaban J connectivity index is 1.06. The zero-order valence-electron chi connectivity index (χ0n) is 31.4. The molecule has 6 rings (SSSR count). The van der Waals surface area contributed by atoms with Crippen LogP contribution in [-0.2, 0) is 19.1 Å². The summed E-state index contributed by atoms with van der Waals surface area (Å²) < 4.78 is 10.2. The van der Waals surface area contributed by atoms with E-state index in [9.17, 15) is 19.2 Å². The van der Waals surface area contributed by atoms with Crippen molar-refractivity contribution in [3.8, 4) is 33.6 Å². The highest BCUT2D eigenvalue weighted by molar-refractivity contribution is 5.86. The van der Waals surface area contributed by atoms with Gasteiger partial charge in [0.05, 0.1) is 49.1 Å². The monoisotopic (exact) mass is 738 g/mol. The number of ether oxygens (including phenoxy) is 2. The standard InChI is InChI=1S/C40H50N8O6/c1-5-21-53-39(51)43-25(3)37(49)47-19-7-9-33(47)35-41-23-31(45-35)29-15-11-27(12-16-29)28-13-17-30(18-14-28)32-24-42-36(46-32)34-10-8-20-48(34)38(50)26(4)44-40(52)54-22-6-2/h11-18,23-26,33-34H,5-10,19-22H2,1-4H3,(H,41,45)(H,42,46)(H,43,51)(H,44,52)/t25-,26-,33-,34-/m0/s1. The molecule has 2 saturated heterocycles. The van der Waals surface area contributed by atoms with Crippen LogP contribution in [0.3, 0.4) is 0 Å². The van der Waals surface area contributed by atoms with Crippen molar-refractivity contribution < 1.29 is 28.7 Å². The van der Waals surface area contributed by atoms with Gasteiger partial charge in [0, 0.05) is 13.1 Å². The highest BCUT2D eigenvalue weighted by Crippen LogP contribution is 2.34. The Morgan fingerprint density at radius 1 is 0.667 bits per heavy atom. The van der Waals surface area contributed by atoms with Gasteiger partial charge < -0.3 is 39.9 Å². The maximum absolute atomic E-state index is 13.2. The Kier molecular flexibility index (Phi) is 12.3. The lowest BCUT2D eigenvalue weighted by Crippen LogP contribution is -2.47. The van der Waals surface area contributed by atoms with Crippen LogP contribution < -0.4 is 10.6 Å². The van der Waals surface area contributed by atoms with Crippen molar-refractivity contribution in [1.82, 2.24) is 40.4 Å². The van der Waals surface area contributed by atoms with Gasteiger partial charge in [0.25, 0.3) is 0 Å². The van der Waals surface area contributed by atoms with Gasteiger partial charge in [-0.1, -0.05) is 62.4 Å². The van der Waals surface area contributed by atoms with Crippen LogP contribution in [0.25, 0.3) is 33.6 Å². The van der Waals surface area contributed by atoms with Crippen molar-refractivity contribution in [3.05, 3.63) is 72.6 Å². The smallest absolute Gasteiger partial charge is 0.407 e. The second-order valence-electron chi connectivity index (χ2n) is 13.9. The van der Waals surface area contributed by atoms with Crippen LogP contribution in [-0.4, -0.2) is 92.1 Å². The van der Waals surface area contributed by atoms with Gasteiger partial charge in [0.2, 0.25) is 11.8 Å². The minimum absolute atomic E-state index is 0.161. The highest BCUT2D eigenvalue weighted by atomic mass is 16.6. The summed E-state index contributed by atoms with van der Waals surface area (Å²) in [5, 5.41) is 5.28. The van der Waals surface area contributed by atoms with Gasteiger partial charge in [-0.15, -0.1) is 0 Å². The third kappa shape index (κ3) is 8.75. The number of H-pyrrole nitrogens is 2. The Morgan fingerprint density at radius 3 is 1.41 bits per heavy atom. The van der Waals surface area contributed by atoms with Crippen molar-refractivity contribution in [2.45, 2.75) is 90.4 Å². The van der Waals surface area contributed by atoms with Crippen molar-refractivity contribution in [2.75, 3.05) is 26.3 Å². The molecular weight excluding hydrogens is 688 g/mol. The van der Waals surface area contributed by atoms with Crippen LogP contribution in [0.2, 0.25) is 0 Å². The molecule has 4 heterocycles. The zero-order valence-corrected chi connectivity index (χ0v) is 31.4. The topological polar surface area (TPSA) is 175 Å². The number of nitrogens with zero attached hydrogens (tertiary/aromatic N) is 4. The normalized spacial score (nSPS) is 17.9. The van der Waals surface area contributed by atoms with E-state index in [2.05, 4.69) is 54.8 Å². The molecule has 0 saturated carbocycles. The highest BCUT2D eigenvalue weighted by Gasteiger charge is 2.36. The van der Waals surface area contributed by atoms with E-state index in [1.807, 2.05) is 38.1 Å². The van der Waals surface area contributed by atoms with Gasteiger partial charge in [0.1, 0.15) is 23.7 Å². The van der Waals surface area contributed by atoms with Crippen molar-refractivity contribution in [1.29, 1.82) is 0 Å². The average molecular weight is 739 g/mol. The molecule has 0 spiro atoms. The number of amides is 4. The molecule has 2 fully saturated rings. The first-order valence-electron chi connectivity index (χ1n) is 18.9. The molecule has 2 aromatic carbocycles. The molecule has 14 heteroatoms. The van der Waals surface area contributed by atoms with Crippen molar-refractivity contribution >= 4 is 24.0 Å². The molecule has 2 aliphatic heterocycles. The van der Waals surface area contributed by atoms with Gasteiger partial charge in [-0.05, 0) is 74.6 Å². The summed E-state index contributed by atoms with van der Waals surface area (Å²) in [4.78, 5) is 70.2. The summed E-state index contributed by atoms with van der Waals surface area (Å²) in [6.45, 7) is 8.99. The Hall–Kier alpha value is -5.66. The van der Waals surface area contributed by atoms with Crippen LogP contribution in [0.4, 0.5) is 9.59 Å². The fraction of sp³-hybridized carbons (Fsp3) is 0.450. The lowest BCUT2D eigenvalue weighted by atomic mass is 10.0. The van der Waals surface area contributed by atoms with E-state index < -0.39 is 24.3 Å². The third-order valence-corrected chi connectivity index (χ3v) is 9.90. The van der Waals surface area contributed by atoms with Crippen molar-refractivity contribution in [2.24, 2.45) is 0 Å². The fourth-order valence-electron chi connectivity index (χ4n) is 7.07. The lowest BCUT2D eigenvalue weighted by molar-refractivity contribution is -0.134. The molecule has 4 atom stereocenters. The van der Waals surface area contributed by atoms with E-state index >= 15 is 0 Å². The van der Waals surface area contributed by atoms with Crippen LogP contribution in [0.1, 0.15) is 90.0 Å². The maximum atomic E-state index is 13.2. The maximum Gasteiger partial charge on any atom is 0.407 e. The number of carbonyl (C=O) groups excluding carboxylic acids is 4. The number of likely N-dealkylation sites (tertiary alicyclic amines) is 2. The first-order valence-corrected chi connectivity index (χ1v) is 18.9.